The SMILES string of the molecule is CCC(Oc1cccc(CN(CCCN)c2nc3ccccc3o2)c1)C(=O)O. The molecule has 0 aliphatic carbocycles. The number of hydrogen-bond acceptors (Lipinski definition) is 6. The Morgan fingerprint density at radius 3 is 2.82 bits per heavy atom. The van der Waals surface area contributed by atoms with E-state index in [1.165, 1.54) is 0 Å². The number of carboxylic acids is 1. The van der Waals surface area contributed by atoms with Crippen molar-refractivity contribution < 1.29 is 19.1 Å². The first-order valence-electron chi connectivity index (χ1n) is 9.39. The summed E-state index contributed by atoms with van der Waals surface area (Å²) in [6.45, 7) is 3.59. The second-order valence-electron chi connectivity index (χ2n) is 6.53. The van der Waals surface area contributed by atoms with Gasteiger partial charge in [-0.25, -0.2) is 4.79 Å². The molecule has 3 N–H and O–H groups in total. The van der Waals surface area contributed by atoms with E-state index in [0.29, 0.717) is 37.8 Å². The molecule has 148 valence electrons. The highest BCUT2D eigenvalue weighted by Gasteiger charge is 2.18. The molecule has 7 heteroatoms. The van der Waals surface area contributed by atoms with Crippen molar-refractivity contribution in [3.8, 4) is 5.75 Å². The van der Waals surface area contributed by atoms with E-state index in [1.54, 1.807) is 13.0 Å². The molecule has 0 saturated carbocycles. The van der Waals surface area contributed by atoms with E-state index < -0.39 is 12.1 Å². The third-order valence-electron chi connectivity index (χ3n) is 4.38. The average Bonchev–Trinajstić information content (AvgIpc) is 3.13. The molecule has 0 saturated heterocycles. The molecular formula is C21H25N3O4. The summed E-state index contributed by atoms with van der Waals surface area (Å²) in [7, 11) is 0. The van der Waals surface area contributed by atoms with Crippen LogP contribution in [0.4, 0.5) is 6.01 Å². The van der Waals surface area contributed by atoms with Gasteiger partial charge in [-0.05, 0) is 49.2 Å². The summed E-state index contributed by atoms with van der Waals surface area (Å²) >= 11 is 0. The molecule has 1 atom stereocenters. The molecule has 1 aromatic heterocycles. The minimum absolute atomic E-state index is 0.394. The highest BCUT2D eigenvalue weighted by molar-refractivity contribution is 5.74. The lowest BCUT2D eigenvalue weighted by Gasteiger charge is -2.21. The lowest BCUT2D eigenvalue weighted by molar-refractivity contribution is -0.145. The van der Waals surface area contributed by atoms with Gasteiger partial charge in [0.25, 0.3) is 6.01 Å². The van der Waals surface area contributed by atoms with Crippen molar-refractivity contribution in [1.29, 1.82) is 0 Å². The number of anilines is 1. The third-order valence-corrected chi connectivity index (χ3v) is 4.38. The Bertz CT molecular complexity index is 892. The van der Waals surface area contributed by atoms with Crippen LogP contribution in [0.1, 0.15) is 25.3 Å². The van der Waals surface area contributed by atoms with Gasteiger partial charge in [0.2, 0.25) is 0 Å². The number of oxazole rings is 1. The van der Waals surface area contributed by atoms with Crippen LogP contribution in [-0.4, -0.2) is 35.3 Å². The van der Waals surface area contributed by atoms with Crippen LogP contribution in [0.25, 0.3) is 11.1 Å². The van der Waals surface area contributed by atoms with Gasteiger partial charge < -0.3 is 24.9 Å². The molecule has 3 rings (SSSR count). The van der Waals surface area contributed by atoms with Crippen molar-refractivity contribution in [2.75, 3.05) is 18.0 Å². The normalized spacial score (nSPS) is 12.1. The average molecular weight is 383 g/mol. The monoisotopic (exact) mass is 383 g/mol. The zero-order valence-corrected chi connectivity index (χ0v) is 15.9. The van der Waals surface area contributed by atoms with Crippen LogP contribution in [0.3, 0.4) is 0 Å². The van der Waals surface area contributed by atoms with Gasteiger partial charge >= 0.3 is 5.97 Å². The number of hydrogen-bond donors (Lipinski definition) is 2. The Morgan fingerprint density at radius 1 is 1.29 bits per heavy atom. The fourth-order valence-electron chi connectivity index (χ4n) is 2.93. The van der Waals surface area contributed by atoms with Crippen molar-refractivity contribution in [2.45, 2.75) is 32.4 Å². The summed E-state index contributed by atoms with van der Waals surface area (Å²) in [5, 5.41) is 9.20. The van der Waals surface area contributed by atoms with Crippen LogP contribution < -0.4 is 15.4 Å². The number of aromatic nitrogens is 1. The van der Waals surface area contributed by atoms with E-state index in [2.05, 4.69) is 4.98 Å². The summed E-state index contributed by atoms with van der Waals surface area (Å²) in [5.41, 5.74) is 8.20. The number of aliphatic carboxylic acids is 1. The Labute approximate surface area is 163 Å². The molecule has 0 amide bonds. The number of carboxylic acid groups (broad SMARTS) is 1. The molecular weight excluding hydrogens is 358 g/mol. The van der Waals surface area contributed by atoms with Crippen molar-refractivity contribution in [3.05, 3.63) is 54.1 Å². The highest BCUT2D eigenvalue weighted by Crippen LogP contribution is 2.24. The van der Waals surface area contributed by atoms with Gasteiger partial charge in [0.1, 0.15) is 11.3 Å². The molecule has 2 aromatic carbocycles. The van der Waals surface area contributed by atoms with Crippen molar-refractivity contribution in [1.82, 2.24) is 4.98 Å². The summed E-state index contributed by atoms with van der Waals surface area (Å²) < 4.78 is 11.5. The van der Waals surface area contributed by atoms with Gasteiger partial charge in [-0.3, -0.25) is 0 Å². The zero-order chi connectivity index (χ0) is 19.9. The van der Waals surface area contributed by atoms with Crippen LogP contribution >= 0.6 is 0 Å². The van der Waals surface area contributed by atoms with E-state index in [9.17, 15) is 9.90 Å². The van der Waals surface area contributed by atoms with Crippen molar-refractivity contribution in [3.63, 3.8) is 0 Å². The quantitative estimate of drug-likeness (QED) is 0.553. The zero-order valence-electron chi connectivity index (χ0n) is 15.9. The topological polar surface area (TPSA) is 102 Å². The largest absolute Gasteiger partial charge is 0.479 e. The van der Waals surface area contributed by atoms with Gasteiger partial charge in [0.15, 0.2) is 11.7 Å². The van der Waals surface area contributed by atoms with E-state index in [4.69, 9.17) is 14.9 Å². The number of nitrogens with two attached hydrogens (primary N) is 1. The number of para-hydroxylation sites is 2. The van der Waals surface area contributed by atoms with E-state index in [-0.39, 0.29) is 0 Å². The van der Waals surface area contributed by atoms with Crippen LogP contribution in [0.15, 0.2) is 52.9 Å². The van der Waals surface area contributed by atoms with E-state index >= 15 is 0 Å². The predicted octanol–water partition coefficient (Wildman–Crippen LogP) is 3.43. The summed E-state index contributed by atoms with van der Waals surface area (Å²) in [4.78, 5) is 17.8. The molecule has 7 nitrogen and oxygen atoms in total. The number of benzene rings is 2. The third kappa shape index (κ3) is 4.80. The van der Waals surface area contributed by atoms with Gasteiger partial charge in [0, 0.05) is 13.1 Å². The lowest BCUT2D eigenvalue weighted by atomic mass is 10.2. The lowest BCUT2D eigenvalue weighted by Crippen LogP contribution is -2.27. The minimum Gasteiger partial charge on any atom is -0.479 e. The minimum atomic E-state index is -0.969. The van der Waals surface area contributed by atoms with Gasteiger partial charge in [-0.2, -0.15) is 4.98 Å². The number of carbonyl (C=O) groups is 1. The maximum atomic E-state index is 11.2. The summed E-state index contributed by atoms with van der Waals surface area (Å²) in [5.74, 6) is -0.438. The van der Waals surface area contributed by atoms with Crippen molar-refractivity contribution in [2.24, 2.45) is 5.73 Å². The Kier molecular flexibility index (Phi) is 6.49. The van der Waals surface area contributed by atoms with Gasteiger partial charge in [-0.15, -0.1) is 0 Å². The first kappa shape index (κ1) is 19.7. The Morgan fingerprint density at radius 2 is 2.11 bits per heavy atom. The molecule has 0 fully saturated rings. The molecule has 0 aliphatic heterocycles. The second-order valence-corrected chi connectivity index (χ2v) is 6.53. The number of nitrogens with zero attached hydrogens (tertiary/aromatic N) is 2. The maximum Gasteiger partial charge on any atom is 0.344 e. The highest BCUT2D eigenvalue weighted by atomic mass is 16.5. The first-order valence-corrected chi connectivity index (χ1v) is 9.39. The maximum absolute atomic E-state index is 11.2. The molecule has 28 heavy (non-hydrogen) atoms. The smallest absolute Gasteiger partial charge is 0.344 e. The Balaban J connectivity index is 1.80. The Hall–Kier alpha value is -3.06. The van der Waals surface area contributed by atoms with E-state index in [1.807, 2.05) is 47.4 Å². The molecule has 0 spiro atoms. The van der Waals surface area contributed by atoms with Gasteiger partial charge in [-0.1, -0.05) is 31.2 Å². The second kappa shape index (κ2) is 9.23. The summed E-state index contributed by atoms with van der Waals surface area (Å²) in [6, 6.07) is 15.6. The van der Waals surface area contributed by atoms with Gasteiger partial charge in [0.05, 0.1) is 0 Å². The molecule has 0 bridgehead atoms. The van der Waals surface area contributed by atoms with Crippen molar-refractivity contribution >= 4 is 23.1 Å². The molecule has 0 radical (unpaired) electrons. The summed E-state index contributed by atoms with van der Waals surface area (Å²) in [6.07, 6.45) is 0.331. The van der Waals surface area contributed by atoms with Crippen LogP contribution in [0.2, 0.25) is 0 Å². The molecule has 1 unspecified atom stereocenters. The molecule has 3 aromatic rings. The number of ether oxygens (including phenoxy) is 1. The van der Waals surface area contributed by atoms with Crippen LogP contribution in [-0.2, 0) is 11.3 Å². The number of fused-ring (bicyclic) bond motifs is 1. The fourth-order valence-corrected chi connectivity index (χ4v) is 2.93. The first-order chi connectivity index (χ1) is 13.6. The van der Waals surface area contributed by atoms with Crippen LogP contribution in [0, 0.1) is 0 Å². The molecule has 0 aliphatic rings. The predicted molar refractivity (Wildman–Crippen MR) is 108 cm³/mol. The van der Waals surface area contributed by atoms with Crippen LogP contribution in [0.5, 0.6) is 5.75 Å². The van der Waals surface area contributed by atoms with E-state index in [0.717, 1.165) is 23.1 Å². The standard InChI is InChI=1S/C21H25N3O4/c1-2-18(20(25)26)27-16-8-5-7-15(13-16)14-24(12-6-11-22)21-23-17-9-3-4-10-19(17)28-21/h3-5,7-10,13,18H,2,6,11-12,14,22H2,1H3,(H,25,26). The fraction of sp³-hybridized carbons (Fsp3) is 0.333. The molecule has 1 heterocycles. The number of rotatable bonds is 10.